The molecule has 150 valence electrons. The van der Waals surface area contributed by atoms with Crippen LogP contribution in [0.5, 0.6) is 11.5 Å². The molecule has 1 aliphatic rings. The number of nitrogens with zero attached hydrogens (tertiary/aromatic N) is 3. The van der Waals surface area contributed by atoms with Crippen molar-refractivity contribution >= 4 is 51.3 Å². The van der Waals surface area contributed by atoms with Crippen LogP contribution in [0.1, 0.15) is 11.1 Å². The highest BCUT2D eigenvalue weighted by Gasteiger charge is 2.41. The second-order valence-corrected chi connectivity index (χ2v) is 7.37. The zero-order chi connectivity index (χ0) is 21.0. The number of benzene rings is 2. The summed E-state index contributed by atoms with van der Waals surface area (Å²) in [5.74, 6) is -0.246. The maximum atomic E-state index is 12.3. The zero-order valence-electron chi connectivity index (χ0n) is 15.8. The molecule has 0 radical (unpaired) electrons. The number of amides is 2. The van der Waals surface area contributed by atoms with E-state index in [9.17, 15) is 9.59 Å². The van der Waals surface area contributed by atoms with Gasteiger partial charge in [0, 0.05) is 11.0 Å². The van der Waals surface area contributed by atoms with E-state index in [1.165, 1.54) is 11.1 Å². The molecule has 0 saturated carbocycles. The number of halogens is 1. The average Bonchev–Trinajstić information content (AvgIpc) is 2.94. The van der Waals surface area contributed by atoms with Gasteiger partial charge in [0.15, 0.2) is 11.5 Å². The van der Waals surface area contributed by atoms with Crippen molar-refractivity contribution in [2.75, 3.05) is 20.8 Å². The number of rotatable bonds is 7. The van der Waals surface area contributed by atoms with Gasteiger partial charge in [0.05, 0.1) is 20.4 Å². The molecule has 0 N–H and O–H groups in total. The Labute approximate surface area is 182 Å². The van der Waals surface area contributed by atoms with E-state index in [1.54, 1.807) is 20.3 Å². The molecule has 9 heteroatoms. The molecule has 1 saturated heterocycles. The lowest BCUT2D eigenvalue weighted by atomic mass is 10.1. The summed E-state index contributed by atoms with van der Waals surface area (Å²) in [5, 5.41) is 5.11. The molecule has 0 bridgehead atoms. The summed E-state index contributed by atoms with van der Waals surface area (Å²) in [5.41, 5.74) is 1.70. The highest BCUT2D eigenvalue weighted by Crippen LogP contribution is 2.28. The highest BCUT2D eigenvalue weighted by atomic mass is 79.9. The summed E-state index contributed by atoms with van der Waals surface area (Å²) in [7, 11) is 3.12. The number of hydrazone groups is 1. The largest absolute Gasteiger partial charge is 0.493 e. The molecule has 0 spiro atoms. The molecule has 29 heavy (non-hydrogen) atoms. The van der Waals surface area contributed by atoms with Gasteiger partial charge in [0.1, 0.15) is 0 Å². The van der Waals surface area contributed by atoms with Gasteiger partial charge in [-0.1, -0.05) is 34.1 Å². The summed E-state index contributed by atoms with van der Waals surface area (Å²) in [6, 6.07) is 12.8. The molecule has 1 fully saturated rings. The molecule has 0 aliphatic carbocycles. The Balaban J connectivity index is 1.69. The molecule has 2 aromatic carbocycles. The minimum atomic E-state index is -0.768. The average molecular weight is 476 g/mol. The lowest BCUT2D eigenvalue weighted by Crippen LogP contribution is -2.33. The van der Waals surface area contributed by atoms with Gasteiger partial charge in [-0.2, -0.15) is 10.1 Å². The Hall–Kier alpha value is -2.78. The Morgan fingerprint density at radius 1 is 1.03 bits per heavy atom. The van der Waals surface area contributed by atoms with Crippen LogP contribution in [0.15, 0.2) is 52.0 Å². The van der Waals surface area contributed by atoms with Crippen molar-refractivity contribution in [1.82, 2.24) is 9.91 Å². The number of thiocarbonyl (C=S) groups is 1. The second-order valence-electron chi connectivity index (χ2n) is 6.09. The monoisotopic (exact) mass is 475 g/mol. The summed E-state index contributed by atoms with van der Waals surface area (Å²) in [6.45, 7) is 0.253. The first-order chi connectivity index (χ1) is 13.9. The van der Waals surface area contributed by atoms with E-state index in [4.69, 9.17) is 21.7 Å². The van der Waals surface area contributed by atoms with Crippen LogP contribution in [-0.2, 0) is 16.0 Å². The number of methoxy groups -OCH3 is 2. The number of hydrogen-bond acceptors (Lipinski definition) is 6. The fourth-order valence-electron chi connectivity index (χ4n) is 2.74. The summed E-state index contributed by atoms with van der Waals surface area (Å²) < 4.78 is 11.4. The van der Waals surface area contributed by atoms with Crippen LogP contribution in [0.2, 0.25) is 0 Å². The molecule has 3 rings (SSSR count). The maximum Gasteiger partial charge on any atom is 0.339 e. The van der Waals surface area contributed by atoms with Crippen LogP contribution in [0.25, 0.3) is 0 Å². The summed E-state index contributed by atoms with van der Waals surface area (Å²) >= 11 is 8.66. The molecular formula is C20H18BrN3O4S. The molecule has 7 nitrogen and oxygen atoms in total. The van der Waals surface area contributed by atoms with Crippen LogP contribution in [0.3, 0.4) is 0 Å². The lowest BCUT2D eigenvalue weighted by Gasteiger charge is -2.16. The van der Waals surface area contributed by atoms with Crippen LogP contribution >= 0.6 is 28.1 Å². The molecule has 1 aliphatic heterocycles. The van der Waals surface area contributed by atoms with E-state index in [-0.39, 0.29) is 11.7 Å². The first-order valence-corrected chi connectivity index (χ1v) is 9.85. The van der Waals surface area contributed by atoms with E-state index in [0.717, 1.165) is 20.6 Å². The van der Waals surface area contributed by atoms with E-state index in [0.29, 0.717) is 17.9 Å². The fourth-order valence-corrected chi connectivity index (χ4v) is 3.31. The number of carbonyl (C=O) groups excluding carboxylic acids is 2. The van der Waals surface area contributed by atoms with Gasteiger partial charge < -0.3 is 9.47 Å². The third kappa shape index (κ3) is 4.63. The molecule has 0 atom stereocenters. The molecule has 2 aromatic rings. The zero-order valence-corrected chi connectivity index (χ0v) is 18.2. The van der Waals surface area contributed by atoms with Crippen molar-refractivity contribution in [2.24, 2.45) is 5.10 Å². The molecule has 1 heterocycles. The third-order valence-electron chi connectivity index (χ3n) is 4.30. The SMILES string of the molecule is COc1ccc(CCN2C(=O)C(=O)N(/N=C/c3ccc(Br)cc3)C2=S)cc1OC. The van der Waals surface area contributed by atoms with Crippen molar-refractivity contribution < 1.29 is 19.1 Å². The molecule has 2 amide bonds. The number of hydrogen-bond donors (Lipinski definition) is 0. The van der Waals surface area contributed by atoms with Crippen molar-refractivity contribution in [2.45, 2.75) is 6.42 Å². The first-order valence-electron chi connectivity index (χ1n) is 8.65. The van der Waals surface area contributed by atoms with Crippen LogP contribution < -0.4 is 9.47 Å². The third-order valence-corrected chi connectivity index (χ3v) is 5.22. The fraction of sp³-hybridized carbons (Fsp3) is 0.200. The van der Waals surface area contributed by atoms with Gasteiger partial charge in [0.25, 0.3) is 0 Å². The standard InChI is InChI=1S/C20H18BrN3O4S/c1-27-16-8-5-13(11-17(16)28-2)9-10-23-18(25)19(26)24(20(23)29)22-12-14-3-6-15(21)7-4-14/h3-8,11-12H,9-10H2,1-2H3/b22-12+. The predicted octanol–water partition coefficient (Wildman–Crippen LogP) is 3.00. The smallest absolute Gasteiger partial charge is 0.339 e. The quantitative estimate of drug-likeness (QED) is 0.349. The summed E-state index contributed by atoms with van der Waals surface area (Å²) in [6.07, 6.45) is 1.98. The molecule has 0 unspecified atom stereocenters. The van der Waals surface area contributed by atoms with Gasteiger partial charge in [-0.25, -0.2) is 0 Å². The van der Waals surface area contributed by atoms with Crippen LogP contribution in [-0.4, -0.2) is 53.8 Å². The van der Waals surface area contributed by atoms with Crippen molar-refractivity contribution in [3.63, 3.8) is 0 Å². The van der Waals surface area contributed by atoms with Gasteiger partial charge in [0.2, 0.25) is 5.11 Å². The van der Waals surface area contributed by atoms with E-state index >= 15 is 0 Å². The Bertz CT molecular complexity index is 978. The molecular weight excluding hydrogens is 458 g/mol. The first kappa shape index (κ1) is 20.9. The van der Waals surface area contributed by atoms with Gasteiger partial charge in [-0.05, 0) is 54.0 Å². The summed E-state index contributed by atoms with van der Waals surface area (Å²) in [4.78, 5) is 25.9. The van der Waals surface area contributed by atoms with Crippen LogP contribution in [0.4, 0.5) is 0 Å². The molecule has 0 aromatic heterocycles. The minimum Gasteiger partial charge on any atom is -0.493 e. The van der Waals surface area contributed by atoms with Crippen molar-refractivity contribution in [3.05, 3.63) is 58.1 Å². The maximum absolute atomic E-state index is 12.3. The minimum absolute atomic E-state index is 0.0637. The second kappa shape index (κ2) is 9.15. The highest BCUT2D eigenvalue weighted by molar-refractivity contribution is 9.10. The predicted molar refractivity (Wildman–Crippen MR) is 116 cm³/mol. The Morgan fingerprint density at radius 3 is 2.38 bits per heavy atom. The number of ether oxygens (including phenoxy) is 2. The lowest BCUT2D eigenvalue weighted by molar-refractivity contribution is -0.143. The Morgan fingerprint density at radius 2 is 1.72 bits per heavy atom. The number of carbonyl (C=O) groups is 2. The van der Waals surface area contributed by atoms with E-state index in [1.807, 2.05) is 36.4 Å². The normalized spacial score (nSPS) is 14.2. The topological polar surface area (TPSA) is 71.4 Å². The van der Waals surface area contributed by atoms with Gasteiger partial charge >= 0.3 is 11.8 Å². The van der Waals surface area contributed by atoms with Gasteiger partial charge in [-0.15, -0.1) is 0 Å². The van der Waals surface area contributed by atoms with Crippen molar-refractivity contribution in [1.29, 1.82) is 0 Å². The van der Waals surface area contributed by atoms with Crippen LogP contribution in [0, 0.1) is 0 Å². The Kier molecular flexibility index (Phi) is 6.60. The van der Waals surface area contributed by atoms with E-state index in [2.05, 4.69) is 21.0 Å². The van der Waals surface area contributed by atoms with E-state index < -0.39 is 11.8 Å². The van der Waals surface area contributed by atoms with Crippen molar-refractivity contribution in [3.8, 4) is 11.5 Å². The van der Waals surface area contributed by atoms with Gasteiger partial charge in [-0.3, -0.25) is 14.5 Å².